The Labute approximate surface area is 154 Å². The maximum absolute atomic E-state index is 5.78. The molecular weight excluding hydrogens is 390 g/mol. The molecule has 2 aromatic carbocycles. The van der Waals surface area contributed by atoms with Gasteiger partial charge in [0.2, 0.25) is 8.32 Å². The summed E-state index contributed by atoms with van der Waals surface area (Å²) in [6.07, 6.45) is 0. The Hall–Kier alpha value is -0.0200. The van der Waals surface area contributed by atoms with E-state index in [2.05, 4.69) is 19.6 Å². The second kappa shape index (κ2) is 12.7. The minimum Gasteiger partial charge on any atom is -1.00 e. The van der Waals surface area contributed by atoms with Gasteiger partial charge in [0.25, 0.3) is 0 Å². The van der Waals surface area contributed by atoms with E-state index in [4.69, 9.17) is 9.16 Å². The summed E-state index contributed by atoms with van der Waals surface area (Å²) in [7, 11) is 0.170. The van der Waals surface area contributed by atoms with E-state index in [0.29, 0.717) is 0 Å². The van der Waals surface area contributed by atoms with Crippen molar-refractivity contribution >= 4 is 8.32 Å². The van der Waals surface area contributed by atoms with E-state index in [9.17, 15) is 0 Å². The zero-order valence-electron chi connectivity index (χ0n) is 12.2. The second-order valence-corrected chi connectivity index (χ2v) is 9.06. The summed E-state index contributed by atoms with van der Waals surface area (Å²) < 4.78 is 10.9. The van der Waals surface area contributed by atoms with Crippen LogP contribution in [0.3, 0.4) is 0 Å². The van der Waals surface area contributed by atoms with Gasteiger partial charge in [-0.3, -0.25) is 0 Å². The first-order valence-electron chi connectivity index (χ1n) is 5.68. The monoisotopic (exact) mass is 408 g/mol. The van der Waals surface area contributed by atoms with Crippen LogP contribution in [0.4, 0.5) is 0 Å². The molecule has 0 aliphatic heterocycles. The average molecular weight is 411 g/mol. The normalized spacial score (nSPS) is 8.80. The van der Waals surface area contributed by atoms with Crippen LogP contribution in [-0.2, 0) is 26.2 Å². The van der Waals surface area contributed by atoms with Crippen LogP contribution >= 0.6 is 0 Å². The van der Waals surface area contributed by atoms with Gasteiger partial charge in [-0.15, -0.1) is 6.07 Å². The first-order valence-corrected chi connectivity index (χ1v) is 9.09. The molecule has 0 saturated heterocycles. The fourth-order valence-corrected chi connectivity index (χ4v) is 2.12. The summed E-state index contributed by atoms with van der Waals surface area (Å²) in [6, 6.07) is 15.8. The Kier molecular flexibility index (Phi) is 15.9. The number of rotatable bonds is 3. The van der Waals surface area contributed by atoms with Gasteiger partial charge >= 0.3 is 26.2 Å². The van der Waals surface area contributed by atoms with Crippen LogP contribution in [0.5, 0.6) is 11.5 Å². The molecule has 0 unspecified atom stereocenters. The van der Waals surface area contributed by atoms with Gasteiger partial charge in [-0.05, 0) is 19.6 Å². The van der Waals surface area contributed by atoms with Gasteiger partial charge < -0.3 is 34.0 Å². The molecule has 0 aliphatic carbocycles. The van der Waals surface area contributed by atoms with Gasteiger partial charge in [-0.1, -0.05) is 0 Å². The predicted molar refractivity (Wildman–Crippen MR) is 74.6 cm³/mol. The van der Waals surface area contributed by atoms with Crippen molar-refractivity contribution in [2.45, 2.75) is 19.6 Å². The van der Waals surface area contributed by atoms with Gasteiger partial charge in [-0.2, -0.15) is 24.3 Å². The smallest absolute Gasteiger partial charge is 1.00 e. The van der Waals surface area contributed by atoms with Crippen molar-refractivity contribution in [1.29, 1.82) is 0 Å². The van der Waals surface area contributed by atoms with E-state index in [0.717, 1.165) is 11.5 Å². The van der Waals surface area contributed by atoms with Crippen molar-refractivity contribution in [2.24, 2.45) is 0 Å². The zero-order chi connectivity index (χ0) is 12.7. The van der Waals surface area contributed by atoms with Gasteiger partial charge in [-0.25, -0.2) is 18.2 Å². The minimum absolute atomic E-state index is 0. The number of hydrogen-bond donors (Lipinski definition) is 0. The molecule has 2 aromatic rings. The fourth-order valence-electron chi connectivity index (χ4n) is 1.29. The summed E-state index contributed by atoms with van der Waals surface area (Å²) in [5.74, 6) is 1.70. The Morgan fingerprint density at radius 3 is 1.95 bits per heavy atom. The molecular formula is C14H20Cl2O2SiZr. The topological polar surface area (TPSA) is 18.5 Å². The van der Waals surface area contributed by atoms with Crippen molar-refractivity contribution in [3.05, 3.63) is 48.5 Å². The number of ether oxygens (including phenoxy) is 1. The standard InChI is InChI=1S/C9H15O2Si.C5H5.2ClH.Zr/c1-10-8-6-5-7-9(8)11-12(2,3)4;1-2-4-5-3-1;;;/h5-7H,1-4H3;1-5H;2*1H;/q2*-1;;;+4/p-2. The van der Waals surface area contributed by atoms with Crippen LogP contribution in [0, 0.1) is 0 Å². The average Bonchev–Trinajstić information content (AvgIpc) is 2.87. The molecule has 0 radical (unpaired) electrons. The van der Waals surface area contributed by atoms with E-state index >= 15 is 0 Å². The molecule has 0 bridgehead atoms. The Morgan fingerprint density at radius 1 is 1.05 bits per heavy atom. The molecule has 2 nitrogen and oxygen atoms in total. The molecule has 0 aromatic heterocycles. The molecule has 0 saturated carbocycles. The molecule has 0 fully saturated rings. The predicted octanol–water partition coefficient (Wildman–Crippen LogP) is -1.96. The largest absolute Gasteiger partial charge is 4.00 e. The van der Waals surface area contributed by atoms with Gasteiger partial charge in [0.05, 0.1) is 7.11 Å². The third-order valence-electron chi connectivity index (χ3n) is 1.93. The van der Waals surface area contributed by atoms with Crippen LogP contribution < -0.4 is 34.0 Å². The van der Waals surface area contributed by atoms with E-state index in [1.54, 1.807) is 7.11 Å². The molecule has 110 valence electrons. The van der Waals surface area contributed by atoms with Crippen LogP contribution in [0.25, 0.3) is 0 Å². The summed E-state index contributed by atoms with van der Waals surface area (Å²) in [6.45, 7) is 6.46. The fraction of sp³-hybridized carbons (Fsp3) is 0.286. The number of halogens is 2. The van der Waals surface area contributed by atoms with Crippen LogP contribution in [0.2, 0.25) is 19.6 Å². The number of methoxy groups -OCH3 is 1. The third kappa shape index (κ3) is 10.7. The molecule has 20 heavy (non-hydrogen) atoms. The molecule has 2 rings (SSSR count). The Balaban J connectivity index is -0.000000312. The van der Waals surface area contributed by atoms with E-state index in [1.165, 1.54) is 0 Å². The maximum Gasteiger partial charge on any atom is 4.00 e. The molecule has 0 aliphatic rings. The van der Waals surface area contributed by atoms with Gasteiger partial charge in [0, 0.05) is 11.5 Å². The quantitative estimate of drug-likeness (QED) is 0.432. The zero-order valence-corrected chi connectivity index (χ0v) is 17.2. The van der Waals surface area contributed by atoms with Crippen LogP contribution in [-0.4, -0.2) is 15.4 Å². The summed E-state index contributed by atoms with van der Waals surface area (Å²) >= 11 is 0. The third-order valence-corrected chi connectivity index (χ3v) is 2.76. The first-order chi connectivity index (χ1) is 8.03. The van der Waals surface area contributed by atoms with Crippen molar-refractivity contribution in [3.8, 4) is 11.5 Å². The van der Waals surface area contributed by atoms with Crippen LogP contribution in [0.15, 0.2) is 48.5 Å². The van der Waals surface area contributed by atoms with E-state index < -0.39 is 8.32 Å². The maximum atomic E-state index is 5.78. The SMILES string of the molecule is CO[c-]1cccc1O[Si](C)(C)C.[Cl-].[Cl-].[Zr+4].c1cc[cH-]c1. The van der Waals surface area contributed by atoms with Gasteiger partial charge in [0.15, 0.2) is 0 Å². The molecule has 0 spiro atoms. The van der Waals surface area contributed by atoms with E-state index in [-0.39, 0.29) is 51.0 Å². The molecule has 0 N–H and O–H groups in total. The van der Waals surface area contributed by atoms with Crippen molar-refractivity contribution < 1.29 is 60.2 Å². The summed E-state index contributed by atoms with van der Waals surface area (Å²) in [5.41, 5.74) is 0. The first kappa shape index (κ1) is 25.0. The molecule has 0 amide bonds. The summed E-state index contributed by atoms with van der Waals surface area (Å²) in [4.78, 5) is 0. The van der Waals surface area contributed by atoms with Crippen molar-refractivity contribution in [3.63, 3.8) is 0 Å². The molecule has 6 heteroatoms. The number of hydrogen-bond acceptors (Lipinski definition) is 2. The molecule has 0 atom stereocenters. The second-order valence-electron chi connectivity index (χ2n) is 4.64. The Morgan fingerprint density at radius 2 is 1.60 bits per heavy atom. The van der Waals surface area contributed by atoms with E-state index in [1.807, 2.05) is 48.5 Å². The van der Waals surface area contributed by atoms with Crippen LogP contribution in [0.1, 0.15) is 0 Å². The van der Waals surface area contributed by atoms with Gasteiger partial charge in [0.1, 0.15) is 0 Å². The summed E-state index contributed by atoms with van der Waals surface area (Å²) in [5, 5.41) is 0. The van der Waals surface area contributed by atoms with Crippen molar-refractivity contribution in [1.82, 2.24) is 0 Å². The molecule has 0 heterocycles. The Bertz CT molecular complexity index is 394. The minimum atomic E-state index is -1.49. The van der Waals surface area contributed by atoms with Crippen molar-refractivity contribution in [2.75, 3.05) is 7.11 Å².